The van der Waals surface area contributed by atoms with Gasteiger partial charge in [-0.25, -0.2) is 4.79 Å². The second kappa shape index (κ2) is 8.09. The number of benzene rings is 2. The molecule has 0 saturated heterocycles. The maximum absolute atomic E-state index is 12.2. The molecule has 1 aliphatic rings. The highest BCUT2D eigenvalue weighted by molar-refractivity contribution is 7.99. The van der Waals surface area contributed by atoms with E-state index in [0.29, 0.717) is 13.1 Å². The lowest BCUT2D eigenvalue weighted by atomic mass is 10.2. The first-order valence-corrected chi connectivity index (χ1v) is 9.15. The van der Waals surface area contributed by atoms with E-state index in [-0.39, 0.29) is 10.6 Å². The molecule has 2 aromatic rings. The van der Waals surface area contributed by atoms with Crippen LogP contribution >= 0.6 is 11.8 Å². The second-order valence-corrected chi connectivity index (χ2v) is 6.84. The molecule has 136 valence electrons. The first kappa shape index (κ1) is 18.1. The van der Waals surface area contributed by atoms with Crippen molar-refractivity contribution < 1.29 is 14.5 Å². The van der Waals surface area contributed by atoms with Gasteiger partial charge in [0.25, 0.3) is 5.69 Å². The molecule has 0 spiro atoms. The minimum Gasteiger partial charge on any atom is -0.452 e. The molecule has 0 aliphatic carbocycles. The largest absolute Gasteiger partial charge is 0.452 e. The van der Waals surface area contributed by atoms with Crippen LogP contribution in [0.2, 0.25) is 0 Å². The number of non-ortho nitro benzene ring substituents is 1. The molecule has 0 N–H and O–H groups in total. The molecule has 7 nitrogen and oxygen atoms in total. The number of nitro benzene ring substituents is 1. The van der Waals surface area contributed by atoms with Crippen molar-refractivity contribution in [2.45, 2.75) is 4.90 Å². The normalized spacial score (nSPS) is 13.0. The smallest absolute Gasteiger partial charge is 0.414 e. The molecular formula is C18H19N3O4S. The van der Waals surface area contributed by atoms with Crippen molar-refractivity contribution in [3.63, 3.8) is 0 Å². The van der Waals surface area contributed by atoms with Crippen molar-refractivity contribution in [1.82, 2.24) is 0 Å². The topological polar surface area (TPSA) is 75.9 Å². The highest BCUT2D eigenvalue weighted by Crippen LogP contribution is 2.37. The summed E-state index contributed by atoms with van der Waals surface area (Å²) in [6, 6.07) is 14.3. The Bertz CT molecular complexity index is 800. The molecule has 3 rings (SSSR count). The van der Waals surface area contributed by atoms with Crippen LogP contribution in [0.5, 0.6) is 0 Å². The Labute approximate surface area is 155 Å². The Morgan fingerprint density at radius 1 is 1.31 bits per heavy atom. The molecule has 1 amide bonds. The number of nitro groups is 1. The molecule has 0 saturated carbocycles. The lowest BCUT2D eigenvalue weighted by Gasteiger charge is -2.32. The third kappa shape index (κ3) is 3.91. The van der Waals surface area contributed by atoms with Crippen LogP contribution in [0, 0.1) is 10.1 Å². The average molecular weight is 373 g/mol. The van der Waals surface area contributed by atoms with Crippen LogP contribution in [0.25, 0.3) is 0 Å². The Kier molecular flexibility index (Phi) is 5.62. The number of para-hydroxylation sites is 1. The van der Waals surface area contributed by atoms with E-state index >= 15 is 0 Å². The first-order chi connectivity index (χ1) is 12.6. The highest BCUT2D eigenvalue weighted by atomic mass is 32.2. The minimum absolute atomic E-state index is 0.0959. The van der Waals surface area contributed by atoms with Gasteiger partial charge in [0.05, 0.1) is 17.7 Å². The molecule has 0 atom stereocenters. The average Bonchev–Trinajstić information content (AvgIpc) is 2.68. The van der Waals surface area contributed by atoms with Crippen molar-refractivity contribution in [2.24, 2.45) is 0 Å². The third-order valence-corrected chi connectivity index (χ3v) is 5.19. The number of fused-ring (bicyclic) bond motifs is 1. The van der Waals surface area contributed by atoms with E-state index in [1.807, 2.05) is 30.3 Å². The summed E-state index contributed by atoms with van der Waals surface area (Å²) in [5.41, 5.74) is 1.83. The standard InChI is InChI=1S/C18H19N3O4S/c1-25-18(22)20(14-5-3-2-4-6-14)10-9-19-11-12-26-17-13-15(21(23)24)7-8-16(17)19/h2-8,13H,9-12H2,1H3. The fourth-order valence-corrected chi connectivity index (χ4v) is 3.96. The quantitative estimate of drug-likeness (QED) is 0.586. The zero-order valence-corrected chi connectivity index (χ0v) is 15.1. The number of rotatable bonds is 5. The van der Waals surface area contributed by atoms with Gasteiger partial charge in [-0.1, -0.05) is 18.2 Å². The fraction of sp³-hybridized carbons (Fsp3) is 0.278. The summed E-state index contributed by atoms with van der Waals surface area (Å²) in [5.74, 6) is 0.845. The van der Waals surface area contributed by atoms with Gasteiger partial charge in [0.2, 0.25) is 0 Å². The minimum atomic E-state index is -0.411. The number of amides is 1. The molecule has 1 heterocycles. The molecule has 1 aliphatic heterocycles. The van der Waals surface area contributed by atoms with E-state index < -0.39 is 6.09 Å². The Balaban J connectivity index is 1.77. The van der Waals surface area contributed by atoms with Crippen LogP contribution in [0.3, 0.4) is 0 Å². The molecule has 0 unspecified atom stereocenters. The van der Waals surface area contributed by atoms with Gasteiger partial charge >= 0.3 is 6.09 Å². The number of carbonyl (C=O) groups excluding carboxylic acids is 1. The Morgan fingerprint density at radius 3 is 2.77 bits per heavy atom. The lowest BCUT2D eigenvalue weighted by molar-refractivity contribution is -0.385. The molecule has 0 fully saturated rings. The zero-order chi connectivity index (χ0) is 18.5. The maximum Gasteiger partial charge on any atom is 0.414 e. The second-order valence-electron chi connectivity index (χ2n) is 5.70. The SMILES string of the molecule is COC(=O)N(CCN1CCSc2cc([N+](=O)[O-])ccc21)c1ccccc1. The van der Waals surface area contributed by atoms with Gasteiger partial charge in [0.1, 0.15) is 0 Å². The van der Waals surface area contributed by atoms with E-state index in [9.17, 15) is 14.9 Å². The van der Waals surface area contributed by atoms with Crippen LogP contribution in [0.1, 0.15) is 0 Å². The van der Waals surface area contributed by atoms with E-state index in [1.54, 1.807) is 28.8 Å². The summed E-state index contributed by atoms with van der Waals surface area (Å²) >= 11 is 1.61. The van der Waals surface area contributed by atoms with Crippen LogP contribution < -0.4 is 9.80 Å². The number of hydrogen-bond acceptors (Lipinski definition) is 6. The van der Waals surface area contributed by atoms with Gasteiger partial charge in [-0.05, 0) is 18.2 Å². The van der Waals surface area contributed by atoms with Crippen LogP contribution in [-0.2, 0) is 4.74 Å². The predicted octanol–water partition coefficient (Wildman–Crippen LogP) is 3.78. The summed E-state index contributed by atoms with van der Waals surface area (Å²) in [6.07, 6.45) is -0.411. The van der Waals surface area contributed by atoms with Gasteiger partial charge in [0, 0.05) is 48.1 Å². The van der Waals surface area contributed by atoms with Gasteiger partial charge < -0.3 is 9.64 Å². The van der Waals surface area contributed by atoms with Crippen LogP contribution in [-0.4, -0.2) is 43.5 Å². The summed E-state index contributed by atoms with van der Waals surface area (Å²) in [4.78, 5) is 27.4. The lowest BCUT2D eigenvalue weighted by Crippen LogP contribution is -2.40. The Morgan fingerprint density at radius 2 is 2.08 bits per heavy atom. The van der Waals surface area contributed by atoms with Crippen molar-refractivity contribution in [3.8, 4) is 0 Å². The molecule has 8 heteroatoms. The number of carbonyl (C=O) groups is 1. The van der Waals surface area contributed by atoms with Gasteiger partial charge in [-0.3, -0.25) is 15.0 Å². The summed E-state index contributed by atoms with van der Waals surface area (Å²) in [5, 5.41) is 11.0. The third-order valence-electron chi connectivity index (χ3n) is 4.17. The van der Waals surface area contributed by atoms with Crippen molar-refractivity contribution >= 4 is 34.9 Å². The Hall–Kier alpha value is -2.74. The molecular weight excluding hydrogens is 354 g/mol. The highest BCUT2D eigenvalue weighted by Gasteiger charge is 2.22. The fourth-order valence-electron chi connectivity index (χ4n) is 2.88. The van der Waals surface area contributed by atoms with E-state index in [2.05, 4.69) is 4.90 Å². The molecule has 0 radical (unpaired) electrons. The molecule has 0 bridgehead atoms. The molecule has 2 aromatic carbocycles. The van der Waals surface area contributed by atoms with Gasteiger partial charge in [-0.2, -0.15) is 0 Å². The van der Waals surface area contributed by atoms with E-state index in [4.69, 9.17) is 4.74 Å². The van der Waals surface area contributed by atoms with Crippen molar-refractivity contribution in [3.05, 3.63) is 58.6 Å². The van der Waals surface area contributed by atoms with E-state index in [1.165, 1.54) is 13.2 Å². The van der Waals surface area contributed by atoms with Gasteiger partial charge in [0.15, 0.2) is 0 Å². The van der Waals surface area contributed by atoms with Crippen molar-refractivity contribution in [1.29, 1.82) is 0 Å². The van der Waals surface area contributed by atoms with Gasteiger partial charge in [-0.15, -0.1) is 11.8 Å². The predicted molar refractivity (Wildman–Crippen MR) is 102 cm³/mol. The van der Waals surface area contributed by atoms with Crippen LogP contribution in [0.15, 0.2) is 53.4 Å². The number of nitrogens with zero attached hydrogens (tertiary/aromatic N) is 3. The molecule has 0 aromatic heterocycles. The van der Waals surface area contributed by atoms with E-state index in [0.717, 1.165) is 28.6 Å². The van der Waals surface area contributed by atoms with Crippen molar-refractivity contribution in [2.75, 3.05) is 42.3 Å². The maximum atomic E-state index is 12.2. The number of hydrogen-bond donors (Lipinski definition) is 0. The number of ether oxygens (including phenoxy) is 1. The number of anilines is 2. The first-order valence-electron chi connectivity index (χ1n) is 8.17. The summed E-state index contributed by atoms with van der Waals surface area (Å²) < 4.78 is 4.91. The number of methoxy groups -OCH3 is 1. The van der Waals surface area contributed by atoms with Crippen LogP contribution in [0.4, 0.5) is 21.9 Å². The summed E-state index contributed by atoms with van der Waals surface area (Å²) in [7, 11) is 1.37. The molecule has 26 heavy (non-hydrogen) atoms. The summed E-state index contributed by atoms with van der Waals surface area (Å²) in [6.45, 7) is 1.88. The monoisotopic (exact) mass is 373 g/mol. The number of thioether (sulfide) groups is 1. The zero-order valence-electron chi connectivity index (χ0n) is 14.3.